The SMILES string of the molecule is COc1cnc(C)cc1NCC1CCS(=O)(=O)C1. The quantitative estimate of drug-likeness (QED) is 0.891. The molecule has 18 heavy (non-hydrogen) atoms. The summed E-state index contributed by atoms with van der Waals surface area (Å²) in [5.41, 5.74) is 1.77. The van der Waals surface area contributed by atoms with Crippen molar-refractivity contribution in [3.05, 3.63) is 18.0 Å². The molecule has 0 aromatic carbocycles. The van der Waals surface area contributed by atoms with Crippen molar-refractivity contribution in [2.24, 2.45) is 5.92 Å². The molecular weight excluding hydrogens is 252 g/mol. The van der Waals surface area contributed by atoms with E-state index in [0.717, 1.165) is 17.8 Å². The Balaban J connectivity index is 2.00. The molecule has 1 aromatic rings. The van der Waals surface area contributed by atoms with E-state index in [-0.39, 0.29) is 11.7 Å². The van der Waals surface area contributed by atoms with Crippen LogP contribution in [0.4, 0.5) is 5.69 Å². The molecule has 2 rings (SSSR count). The Morgan fingerprint density at radius 3 is 2.94 bits per heavy atom. The Morgan fingerprint density at radius 1 is 1.56 bits per heavy atom. The van der Waals surface area contributed by atoms with Crippen LogP contribution in [0.25, 0.3) is 0 Å². The number of sulfone groups is 1. The Kier molecular flexibility index (Phi) is 3.75. The predicted molar refractivity (Wildman–Crippen MR) is 70.8 cm³/mol. The molecule has 1 unspecified atom stereocenters. The highest BCUT2D eigenvalue weighted by atomic mass is 32.2. The van der Waals surface area contributed by atoms with E-state index in [9.17, 15) is 8.42 Å². The monoisotopic (exact) mass is 270 g/mol. The van der Waals surface area contributed by atoms with Crippen molar-refractivity contribution in [1.82, 2.24) is 4.98 Å². The first-order valence-corrected chi connectivity index (χ1v) is 7.77. The standard InChI is InChI=1S/C12H18N2O3S/c1-9-5-11(12(17-2)7-13-9)14-6-10-3-4-18(15,16)8-10/h5,7,10H,3-4,6,8H2,1-2H3,(H,13,14). The van der Waals surface area contributed by atoms with Crippen molar-refractivity contribution >= 4 is 15.5 Å². The molecular formula is C12H18N2O3S. The number of hydrogen-bond donors (Lipinski definition) is 1. The van der Waals surface area contributed by atoms with Gasteiger partial charge in [-0.1, -0.05) is 0 Å². The first-order chi connectivity index (χ1) is 8.50. The number of hydrogen-bond acceptors (Lipinski definition) is 5. The number of aromatic nitrogens is 1. The first-order valence-electron chi connectivity index (χ1n) is 5.95. The summed E-state index contributed by atoms with van der Waals surface area (Å²) in [6.07, 6.45) is 2.41. The van der Waals surface area contributed by atoms with E-state index >= 15 is 0 Å². The molecule has 0 spiro atoms. The number of ether oxygens (including phenoxy) is 1. The molecule has 0 aliphatic carbocycles. The third-order valence-corrected chi connectivity index (χ3v) is 4.97. The Hall–Kier alpha value is -1.30. The smallest absolute Gasteiger partial charge is 0.160 e. The van der Waals surface area contributed by atoms with Crippen molar-refractivity contribution < 1.29 is 13.2 Å². The highest BCUT2D eigenvalue weighted by molar-refractivity contribution is 7.91. The minimum Gasteiger partial charge on any atom is -0.493 e. The first kappa shape index (κ1) is 13.1. The molecule has 1 atom stereocenters. The van der Waals surface area contributed by atoms with Crippen LogP contribution in [-0.2, 0) is 9.84 Å². The lowest BCUT2D eigenvalue weighted by Crippen LogP contribution is -2.16. The topological polar surface area (TPSA) is 68.3 Å². The van der Waals surface area contributed by atoms with Crippen LogP contribution < -0.4 is 10.1 Å². The van der Waals surface area contributed by atoms with Gasteiger partial charge >= 0.3 is 0 Å². The maximum Gasteiger partial charge on any atom is 0.160 e. The maximum absolute atomic E-state index is 11.4. The number of aryl methyl sites for hydroxylation is 1. The zero-order chi connectivity index (χ0) is 13.2. The van der Waals surface area contributed by atoms with E-state index in [1.807, 2.05) is 13.0 Å². The van der Waals surface area contributed by atoms with Crippen molar-refractivity contribution in [2.45, 2.75) is 13.3 Å². The Labute approximate surface area is 107 Å². The predicted octanol–water partition coefficient (Wildman–Crippen LogP) is 1.25. The molecule has 1 aromatic heterocycles. The molecule has 0 radical (unpaired) electrons. The highest BCUT2D eigenvalue weighted by Crippen LogP contribution is 2.25. The van der Waals surface area contributed by atoms with Crippen LogP contribution in [0.5, 0.6) is 5.75 Å². The molecule has 0 amide bonds. The number of methoxy groups -OCH3 is 1. The molecule has 0 saturated carbocycles. The normalized spacial score (nSPS) is 21.8. The summed E-state index contributed by atoms with van der Waals surface area (Å²) in [5, 5.41) is 3.26. The third-order valence-electron chi connectivity index (χ3n) is 3.13. The second kappa shape index (κ2) is 5.14. The van der Waals surface area contributed by atoms with Gasteiger partial charge in [0.1, 0.15) is 0 Å². The zero-order valence-corrected chi connectivity index (χ0v) is 11.5. The summed E-state index contributed by atoms with van der Waals surface area (Å²) in [6, 6.07) is 1.91. The zero-order valence-electron chi connectivity index (χ0n) is 10.6. The molecule has 5 nitrogen and oxygen atoms in total. The van der Waals surface area contributed by atoms with Crippen LogP contribution in [0.3, 0.4) is 0 Å². The molecule has 1 N–H and O–H groups in total. The average molecular weight is 270 g/mol. The van der Waals surface area contributed by atoms with Gasteiger partial charge in [0, 0.05) is 12.2 Å². The molecule has 1 aliphatic heterocycles. The lowest BCUT2D eigenvalue weighted by atomic mass is 10.1. The van der Waals surface area contributed by atoms with Gasteiger partial charge in [0.15, 0.2) is 15.6 Å². The summed E-state index contributed by atoms with van der Waals surface area (Å²) in [6.45, 7) is 2.56. The summed E-state index contributed by atoms with van der Waals surface area (Å²) >= 11 is 0. The largest absolute Gasteiger partial charge is 0.493 e. The van der Waals surface area contributed by atoms with Crippen LogP contribution in [0.2, 0.25) is 0 Å². The van der Waals surface area contributed by atoms with E-state index in [4.69, 9.17) is 4.74 Å². The van der Waals surface area contributed by atoms with Crippen LogP contribution in [0, 0.1) is 12.8 Å². The summed E-state index contributed by atoms with van der Waals surface area (Å²) in [7, 11) is -1.21. The number of rotatable bonds is 4. The fourth-order valence-electron chi connectivity index (χ4n) is 2.14. The lowest BCUT2D eigenvalue weighted by molar-refractivity contribution is 0.414. The lowest BCUT2D eigenvalue weighted by Gasteiger charge is -2.14. The number of nitrogens with one attached hydrogen (secondary N) is 1. The van der Waals surface area contributed by atoms with Crippen LogP contribution in [0.15, 0.2) is 12.3 Å². The minimum atomic E-state index is -2.81. The molecule has 1 fully saturated rings. The van der Waals surface area contributed by atoms with Gasteiger partial charge in [0.2, 0.25) is 0 Å². The van der Waals surface area contributed by atoms with E-state index < -0.39 is 9.84 Å². The Morgan fingerprint density at radius 2 is 2.33 bits per heavy atom. The van der Waals surface area contributed by atoms with E-state index in [0.29, 0.717) is 18.0 Å². The van der Waals surface area contributed by atoms with Gasteiger partial charge < -0.3 is 10.1 Å². The van der Waals surface area contributed by atoms with E-state index in [2.05, 4.69) is 10.3 Å². The molecule has 1 saturated heterocycles. The molecule has 2 heterocycles. The van der Waals surface area contributed by atoms with Crippen LogP contribution in [0.1, 0.15) is 12.1 Å². The van der Waals surface area contributed by atoms with Gasteiger partial charge in [-0.25, -0.2) is 8.42 Å². The van der Waals surface area contributed by atoms with Crippen molar-refractivity contribution in [1.29, 1.82) is 0 Å². The minimum absolute atomic E-state index is 0.188. The van der Waals surface area contributed by atoms with Crippen molar-refractivity contribution in [2.75, 3.05) is 30.5 Å². The second-order valence-electron chi connectivity index (χ2n) is 4.68. The Bertz CT molecular complexity index is 528. The number of nitrogens with zero attached hydrogens (tertiary/aromatic N) is 1. The van der Waals surface area contributed by atoms with E-state index in [1.54, 1.807) is 13.3 Å². The summed E-state index contributed by atoms with van der Waals surface area (Å²) in [4.78, 5) is 4.15. The van der Waals surface area contributed by atoms with Gasteiger partial charge in [-0.05, 0) is 25.3 Å². The summed E-state index contributed by atoms with van der Waals surface area (Å²) in [5.74, 6) is 1.47. The molecule has 1 aliphatic rings. The van der Waals surface area contributed by atoms with Crippen LogP contribution >= 0.6 is 0 Å². The fourth-order valence-corrected chi connectivity index (χ4v) is 4.00. The molecule has 0 bridgehead atoms. The van der Waals surface area contributed by atoms with Gasteiger partial charge in [0.25, 0.3) is 0 Å². The summed E-state index contributed by atoms with van der Waals surface area (Å²) < 4.78 is 27.9. The van der Waals surface area contributed by atoms with Crippen LogP contribution in [-0.4, -0.2) is 38.6 Å². The van der Waals surface area contributed by atoms with Gasteiger partial charge in [-0.2, -0.15) is 0 Å². The number of anilines is 1. The van der Waals surface area contributed by atoms with Crippen molar-refractivity contribution in [3.8, 4) is 5.75 Å². The molecule has 100 valence electrons. The molecule has 6 heteroatoms. The third kappa shape index (κ3) is 3.13. The van der Waals surface area contributed by atoms with Gasteiger partial charge in [0.05, 0.1) is 30.5 Å². The maximum atomic E-state index is 11.4. The van der Waals surface area contributed by atoms with Gasteiger partial charge in [-0.3, -0.25) is 4.98 Å². The highest BCUT2D eigenvalue weighted by Gasteiger charge is 2.27. The fraction of sp³-hybridized carbons (Fsp3) is 0.583. The van der Waals surface area contributed by atoms with E-state index in [1.165, 1.54) is 0 Å². The number of pyridine rings is 1. The second-order valence-corrected chi connectivity index (χ2v) is 6.90. The average Bonchev–Trinajstić information content (AvgIpc) is 2.66. The van der Waals surface area contributed by atoms with Gasteiger partial charge in [-0.15, -0.1) is 0 Å². The van der Waals surface area contributed by atoms with Crippen molar-refractivity contribution in [3.63, 3.8) is 0 Å².